The van der Waals surface area contributed by atoms with E-state index in [0.29, 0.717) is 0 Å². The molecular weight excluding hydrogens is 391 g/mol. The molecule has 0 atom stereocenters. The fourth-order valence-corrected chi connectivity index (χ4v) is 1.89. The van der Waals surface area contributed by atoms with Crippen LogP contribution in [0.4, 0.5) is 0 Å². The third-order valence-electron chi connectivity index (χ3n) is 3.41. The van der Waals surface area contributed by atoms with Crippen molar-refractivity contribution in [1.29, 1.82) is 0 Å². The van der Waals surface area contributed by atoms with Gasteiger partial charge in [0.15, 0.2) is 5.96 Å². The van der Waals surface area contributed by atoms with Gasteiger partial charge < -0.3 is 15.5 Å². The van der Waals surface area contributed by atoms with Crippen molar-refractivity contribution in [3.05, 3.63) is 0 Å². The molecule has 0 aliphatic heterocycles. The molecule has 5 nitrogen and oxygen atoms in total. The zero-order valence-corrected chi connectivity index (χ0v) is 17.5. The summed E-state index contributed by atoms with van der Waals surface area (Å²) in [5.74, 6) is 0.727. The van der Waals surface area contributed by atoms with Gasteiger partial charge in [-0.05, 0) is 18.8 Å². The normalized spacial score (nSPS) is 11.6. The lowest BCUT2D eigenvalue weighted by Gasteiger charge is -2.26. The van der Waals surface area contributed by atoms with Gasteiger partial charge in [-0.25, -0.2) is 4.99 Å². The molecule has 132 valence electrons. The largest absolute Gasteiger partial charge is 0.357 e. The second-order valence-corrected chi connectivity index (χ2v) is 6.46. The van der Waals surface area contributed by atoms with Crippen LogP contribution in [-0.4, -0.2) is 50.5 Å². The van der Waals surface area contributed by atoms with E-state index < -0.39 is 0 Å². The molecule has 2 N–H and O–H groups in total. The Morgan fingerprint density at radius 2 is 1.77 bits per heavy atom. The van der Waals surface area contributed by atoms with E-state index >= 15 is 0 Å². The fourth-order valence-electron chi connectivity index (χ4n) is 1.89. The van der Waals surface area contributed by atoms with Crippen molar-refractivity contribution in [3.8, 4) is 0 Å². The molecule has 0 bridgehead atoms. The number of rotatable bonds is 9. The molecule has 0 fully saturated rings. The van der Waals surface area contributed by atoms with Gasteiger partial charge in [-0.15, -0.1) is 24.0 Å². The summed E-state index contributed by atoms with van der Waals surface area (Å²) in [5.41, 5.74) is 0.233. The van der Waals surface area contributed by atoms with Gasteiger partial charge >= 0.3 is 0 Å². The Morgan fingerprint density at radius 3 is 2.27 bits per heavy atom. The summed E-state index contributed by atoms with van der Waals surface area (Å²) in [6.45, 7) is 10.6. The SMILES string of the molecule is CCCCCC(C)(C)CNC(=NCC(=O)N(C)C)NCC.I. The Labute approximate surface area is 153 Å². The predicted molar refractivity (Wildman–Crippen MR) is 106 cm³/mol. The third kappa shape index (κ3) is 12.1. The molecule has 6 heteroatoms. The molecular formula is C16H35IN4O. The number of carbonyl (C=O) groups excluding carboxylic acids is 1. The van der Waals surface area contributed by atoms with Crippen LogP contribution in [0.15, 0.2) is 4.99 Å². The van der Waals surface area contributed by atoms with E-state index in [0.717, 1.165) is 19.0 Å². The van der Waals surface area contributed by atoms with Crippen molar-refractivity contribution in [2.24, 2.45) is 10.4 Å². The standard InChI is InChI=1S/C16H34N4O.HI/c1-7-9-10-11-16(3,4)13-19-15(17-8-2)18-12-14(21)20(5)6;/h7-13H2,1-6H3,(H2,17,18,19);1H. The van der Waals surface area contributed by atoms with Gasteiger partial charge in [-0.2, -0.15) is 0 Å². The lowest BCUT2D eigenvalue weighted by molar-refractivity contribution is -0.127. The molecule has 0 spiro atoms. The molecule has 0 rings (SSSR count). The molecule has 1 amide bonds. The van der Waals surface area contributed by atoms with Crippen LogP contribution in [0.25, 0.3) is 0 Å². The van der Waals surface area contributed by atoms with E-state index in [2.05, 4.69) is 36.4 Å². The minimum atomic E-state index is 0. The maximum Gasteiger partial charge on any atom is 0.243 e. The first kappa shape index (κ1) is 23.7. The summed E-state index contributed by atoms with van der Waals surface area (Å²) < 4.78 is 0. The Hall–Kier alpha value is -0.530. The highest BCUT2D eigenvalue weighted by Gasteiger charge is 2.17. The summed E-state index contributed by atoms with van der Waals surface area (Å²) in [4.78, 5) is 17.5. The highest BCUT2D eigenvalue weighted by molar-refractivity contribution is 14.0. The van der Waals surface area contributed by atoms with Crippen molar-refractivity contribution >= 4 is 35.8 Å². The molecule has 22 heavy (non-hydrogen) atoms. The number of hydrogen-bond donors (Lipinski definition) is 2. The summed E-state index contributed by atoms with van der Waals surface area (Å²) >= 11 is 0. The number of halogens is 1. The molecule has 0 saturated carbocycles. The monoisotopic (exact) mass is 426 g/mol. The van der Waals surface area contributed by atoms with E-state index in [4.69, 9.17) is 0 Å². The van der Waals surface area contributed by atoms with Gasteiger partial charge in [-0.1, -0.05) is 40.0 Å². The van der Waals surface area contributed by atoms with Gasteiger partial charge in [0.2, 0.25) is 5.91 Å². The molecule has 0 aromatic heterocycles. The number of aliphatic imine (C=N–C) groups is 1. The number of amides is 1. The smallest absolute Gasteiger partial charge is 0.243 e. The van der Waals surface area contributed by atoms with E-state index in [9.17, 15) is 4.79 Å². The average Bonchev–Trinajstić information content (AvgIpc) is 2.41. The number of nitrogens with zero attached hydrogens (tertiary/aromatic N) is 2. The Balaban J connectivity index is 0. The van der Waals surface area contributed by atoms with Crippen LogP contribution in [0.1, 0.15) is 53.4 Å². The topological polar surface area (TPSA) is 56.7 Å². The van der Waals surface area contributed by atoms with Crippen LogP contribution >= 0.6 is 24.0 Å². The lowest BCUT2D eigenvalue weighted by atomic mass is 9.87. The van der Waals surface area contributed by atoms with E-state index in [1.807, 2.05) is 6.92 Å². The van der Waals surface area contributed by atoms with Crippen molar-refractivity contribution in [2.45, 2.75) is 53.4 Å². The molecule has 0 aliphatic carbocycles. The first-order valence-corrected chi connectivity index (χ1v) is 8.04. The number of unbranched alkanes of at least 4 members (excludes halogenated alkanes) is 2. The summed E-state index contributed by atoms with van der Waals surface area (Å²) in [7, 11) is 3.49. The van der Waals surface area contributed by atoms with Crippen LogP contribution in [0.2, 0.25) is 0 Å². The van der Waals surface area contributed by atoms with Gasteiger partial charge in [0.05, 0.1) is 0 Å². The first-order valence-electron chi connectivity index (χ1n) is 8.04. The van der Waals surface area contributed by atoms with Crippen molar-refractivity contribution in [3.63, 3.8) is 0 Å². The quantitative estimate of drug-likeness (QED) is 0.258. The van der Waals surface area contributed by atoms with Crippen LogP contribution < -0.4 is 10.6 Å². The van der Waals surface area contributed by atoms with Crippen molar-refractivity contribution in [2.75, 3.05) is 33.7 Å². The van der Waals surface area contributed by atoms with Crippen LogP contribution in [-0.2, 0) is 4.79 Å². The van der Waals surface area contributed by atoms with E-state index in [1.165, 1.54) is 25.7 Å². The van der Waals surface area contributed by atoms with Gasteiger partial charge in [-0.3, -0.25) is 4.79 Å². The summed E-state index contributed by atoms with van der Waals surface area (Å²) in [5, 5.41) is 6.54. The average molecular weight is 426 g/mol. The Bertz CT molecular complexity index is 330. The third-order valence-corrected chi connectivity index (χ3v) is 3.41. The predicted octanol–water partition coefficient (Wildman–Crippen LogP) is 2.85. The van der Waals surface area contributed by atoms with Crippen molar-refractivity contribution in [1.82, 2.24) is 15.5 Å². The summed E-state index contributed by atoms with van der Waals surface area (Å²) in [6, 6.07) is 0. The number of carbonyl (C=O) groups is 1. The molecule has 0 aromatic rings. The number of hydrogen-bond acceptors (Lipinski definition) is 2. The second-order valence-electron chi connectivity index (χ2n) is 6.46. The number of likely N-dealkylation sites (N-methyl/N-ethyl adjacent to an activating group) is 1. The Morgan fingerprint density at radius 1 is 1.14 bits per heavy atom. The molecule has 0 unspecified atom stereocenters. The molecule has 0 aromatic carbocycles. The van der Waals surface area contributed by atoms with Crippen LogP contribution in [0.3, 0.4) is 0 Å². The maximum absolute atomic E-state index is 11.6. The van der Waals surface area contributed by atoms with E-state index in [-0.39, 0.29) is 41.8 Å². The van der Waals surface area contributed by atoms with Gasteiger partial charge in [0, 0.05) is 27.2 Å². The maximum atomic E-state index is 11.6. The fraction of sp³-hybridized carbons (Fsp3) is 0.875. The lowest BCUT2D eigenvalue weighted by Crippen LogP contribution is -2.42. The first-order chi connectivity index (χ1) is 9.82. The van der Waals surface area contributed by atoms with Crippen LogP contribution in [0.5, 0.6) is 0 Å². The molecule has 0 saturated heterocycles. The molecule has 0 radical (unpaired) electrons. The summed E-state index contributed by atoms with van der Waals surface area (Å²) in [6.07, 6.45) is 5.00. The van der Waals surface area contributed by atoms with Crippen molar-refractivity contribution < 1.29 is 4.79 Å². The minimum Gasteiger partial charge on any atom is -0.357 e. The zero-order valence-electron chi connectivity index (χ0n) is 15.2. The highest BCUT2D eigenvalue weighted by Crippen LogP contribution is 2.22. The van der Waals surface area contributed by atoms with E-state index in [1.54, 1.807) is 19.0 Å². The number of nitrogens with one attached hydrogen (secondary N) is 2. The molecule has 0 aliphatic rings. The minimum absolute atomic E-state index is 0. The number of guanidine groups is 1. The second kappa shape index (κ2) is 13.0. The Kier molecular flexibility index (Phi) is 14.0. The van der Waals surface area contributed by atoms with Gasteiger partial charge in [0.25, 0.3) is 0 Å². The highest BCUT2D eigenvalue weighted by atomic mass is 127. The molecule has 0 heterocycles. The van der Waals surface area contributed by atoms with Gasteiger partial charge in [0.1, 0.15) is 6.54 Å². The van der Waals surface area contributed by atoms with Crippen LogP contribution in [0, 0.1) is 5.41 Å². The zero-order chi connectivity index (χ0) is 16.3.